The first-order valence-electron chi connectivity index (χ1n) is 5.24. The van der Waals surface area contributed by atoms with Crippen LogP contribution in [0.25, 0.3) is 0 Å². The molecule has 1 aromatic heterocycles. The van der Waals surface area contributed by atoms with E-state index >= 15 is 0 Å². The molecule has 106 valence electrons. The van der Waals surface area contributed by atoms with E-state index in [0.717, 1.165) is 0 Å². The van der Waals surface area contributed by atoms with E-state index < -0.39 is 29.2 Å². The number of benzene rings is 1. The third-order valence-corrected chi connectivity index (χ3v) is 2.73. The highest BCUT2D eigenvalue weighted by Gasteiger charge is 2.21. The number of methoxy groups -OCH3 is 1. The SMILES string of the molecule is COc1cc(Nc2c(F)c(F)nc(F)c2F)ccc1Cl. The van der Waals surface area contributed by atoms with Crippen molar-refractivity contribution in [1.82, 2.24) is 4.98 Å². The van der Waals surface area contributed by atoms with Crippen LogP contribution in [0.4, 0.5) is 28.9 Å². The molecular formula is C12H7ClF4N2O. The Hall–Kier alpha value is -2.02. The first-order chi connectivity index (χ1) is 9.43. The topological polar surface area (TPSA) is 34.1 Å². The monoisotopic (exact) mass is 306 g/mol. The minimum absolute atomic E-state index is 0.133. The average Bonchev–Trinajstić information content (AvgIpc) is 2.43. The number of anilines is 2. The van der Waals surface area contributed by atoms with Crippen molar-refractivity contribution in [2.75, 3.05) is 12.4 Å². The van der Waals surface area contributed by atoms with Crippen molar-refractivity contribution in [3.63, 3.8) is 0 Å². The van der Waals surface area contributed by atoms with Crippen molar-refractivity contribution in [3.8, 4) is 5.75 Å². The second-order valence-electron chi connectivity index (χ2n) is 3.67. The lowest BCUT2D eigenvalue weighted by Crippen LogP contribution is -2.06. The molecular weight excluding hydrogens is 300 g/mol. The number of halogens is 5. The van der Waals surface area contributed by atoms with Crippen LogP contribution in [0.15, 0.2) is 18.2 Å². The molecule has 0 saturated heterocycles. The van der Waals surface area contributed by atoms with Gasteiger partial charge in [0.1, 0.15) is 11.4 Å². The Balaban J connectivity index is 2.45. The molecule has 0 fully saturated rings. The van der Waals surface area contributed by atoms with Gasteiger partial charge in [-0.1, -0.05) is 11.6 Å². The highest BCUT2D eigenvalue weighted by Crippen LogP contribution is 2.31. The fraction of sp³-hybridized carbons (Fsp3) is 0.0833. The van der Waals surface area contributed by atoms with Crippen molar-refractivity contribution in [2.45, 2.75) is 0 Å². The summed E-state index contributed by atoms with van der Waals surface area (Å²) < 4.78 is 57.7. The first kappa shape index (κ1) is 14.4. The van der Waals surface area contributed by atoms with Gasteiger partial charge in [-0.2, -0.15) is 22.5 Å². The van der Waals surface area contributed by atoms with Crippen LogP contribution in [0, 0.1) is 23.5 Å². The van der Waals surface area contributed by atoms with E-state index in [9.17, 15) is 17.6 Å². The molecule has 0 spiro atoms. The second kappa shape index (κ2) is 5.54. The molecule has 2 aromatic rings. The Bertz CT molecular complexity index is 640. The number of aromatic nitrogens is 1. The van der Waals surface area contributed by atoms with Gasteiger partial charge in [0.2, 0.25) is 11.6 Å². The number of nitrogens with one attached hydrogen (secondary N) is 1. The lowest BCUT2D eigenvalue weighted by molar-refractivity contribution is 0.411. The normalized spacial score (nSPS) is 10.5. The quantitative estimate of drug-likeness (QED) is 0.686. The van der Waals surface area contributed by atoms with E-state index in [4.69, 9.17) is 16.3 Å². The zero-order chi connectivity index (χ0) is 14.9. The molecule has 0 saturated carbocycles. The zero-order valence-corrected chi connectivity index (χ0v) is 10.7. The second-order valence-corrected chi connectivity index (χ2v) is 4.08. The highest BCUT2D eigenvalue weighted by molar-refractivity contribution is 6.32. The number of nitrogens with zero attached hydrogens (tertiary/aromatic N) is 1. The summed E-state index contributed by atoms with van der Waals surface area (Å²) in [5.41, 5.74) is -0.853. The molecule has 1 N–H and O–H groups in total. The molecule has 0 aliphatic heterocycles. The molecule has 0 atom stereocenters. The molecule has 0 amide bonds. The zero-order valence-electron chi connectivity index (χ0n) is 9.98. The van der Waals surface area contributed by atoms with Gasteiger partial charge in [0, 0.05) is 11.8 Å². The van der Waals surface area contributed by atoms with E-state index in [1.807, 2.05) is 0 Å². The van der Waals surface area contributed by atoms with Gasteiger partial charge in [-0.05, 0) is 12.1 Å². The van der Waals surface area contributed by atoms with Crippen LogP contribution in [0.3, 0.4) is 0 Å². The highest BCUT2D eigenvalue weighted by atomic mass is 35.5. The van der Waals surface area contributed by atoms with Gasteiger partial charge >= 0.3 is 0 Å². The number of ether oxygens (including phenoxy) is 1. The summed E-state index contributed by atoms with van der Waals surface area (Å²) >= 11 is 5.78. The molecule has 0 aliphatic carbocycles. The van der Waals surface area contributed by atoms with Gasteiger partial charge in [-0.3, -0.25) is 0 Å². The van der Waals surface area contributed by atoms with Gasteiger partial charge in [0.05, 0.1) is 12.1 Å². The van der Waals surface area contributed by atoms with Gasteiger partial charge in [0.15, 0.2) is 0 Å². The minimum atomic E-state index is -1.74. The Morgan fingerprint density at radius 3 is 2.25 bits per heavy atom. The van der Waals surface area contributed by atoms with E-state index in [2.05, 4.69) is 10.3 Å². The van der Waals surface area contributed by atoms with Crippen LogP contribution < -0.4 is 10.1 Å². The van der Waals surface area contributed by atoms with Gasteiger partial charge in [0.25, 0.3) is 11.9 Å². The summed E-state index contributed by atoms with van der Waals surface area (Å²) in [4.78, 5) is 2.45. The Morgan fingerprint density at radius 1 is 1.10 bits per heavy atom. The summed E-state index contributed by atoms with van der Waals surface area (Å²) in [6, 6.07) is 4.07. The van der Waals surface area contributed by atoms with Crippen LogP contribution in [0.2, 0.25) is 5.02 Å². The third-order valence-electron chi connectivity index (χ3n) is 2.42. The number of rotatable bonds is 3. The van der Waals surface area contributed by atoms with Crippen LogP contribution in [0.5, 0.6) is 5.75 Å². The molecule has 20 heavy (non-hydrogen) atoms. The predicted octanol–water partition coefficient (Wildman–Crippen LogP) is 4.04. The van der Waals surface area contributed by atoms with E-state index in [0.29, 0.717) is 0 Å². The minimum Gasteiger partial charge on any atom is -0.495 e. The standard InChI is InChI=1S/C12H7ClF4N2O/c1-20-7-4-5(2-3-6(7)13)18-10-8(14)11(16)19-12(17)9(10)15/h2-4H,1H3,(H,18,19). The fourth-order valence-corrected chi connectivity index (χ4v) is 1.67. The summed E-state index contributed by atoms with van der Waals surface area (Å²) in [6.45, 7) is 0. The summed E-state index contributed by atoms with van der Waals surface area (Å²) in [7, 11) is 1.35. The van der Waals surface area contributed by atoms with Gasteiger partial charge < -0.3 is 10.1 Å². The first-order valence-corrected chi connectivity index (χ1v) is 5.62. The molecule has 8 heteroatoms. The van der Waals surface area contributed by atoms with E-state index in [1.54, 1.807) is 0 Å². The fourth-order valence-electron chi connectivity index (χ4n) is 1.48. The summed E-state index contributed by atoms with van der Waals surface area (Å²) in [5.74, 6) is -6.51. The van der Waals surface area contributed by atoms with Crippen molar-refractivity contribution in [3.05, 3.63) is 46.8 Å². The molecule has 0 radical (unpaired) electrons. The Morgan fingerprint density at radius 2 is 1.70 bits per heavy atom. The van der Waals surface area contributed by atoms with E-state index in [-0.39, 0.29) is 16.5 Å². The smallest absolute Gasteiger partial charge is 0.253 e. The molecule has 0 bridgehead atoms. The molecule has 1 aromatic carbocycles. The average molecular weight is 307 g/mol. The van der Waals surface area contributed by atoms with E-state index in [1.165, 1.54) is 25.3 Å². The Kier molecular flexibility index (Phi) is 3.99. The lowest BCUT2D eigenvalue weighted by atomic mass is 10.2. The summed E-state index contributed by atoms with van der Waals surface area (Å²) in [5, 5.41) is 2.48. The van der Waals surface area contributed by atoms with Crippen LogP contribution in [-0.2, 0) is 0 Å². The van der Waals surface area contributed by atoms with Crippen LogP contribution in [0.1, 0.15) is 0 Å². The third kappa shape index (κ3) is 2.62. The number of pyridine rings is 1. The lowest BCUT2D eigenvalue weighted by Gasteiger charge is -2.11. The predicted molar refractivity (Wildman–Crippen MR) is 65.4 cm³/mol. The van der Waals surface area contributed by atoms with Crippen molar-refractivity contribution >= 4 is 23.0 Å². The summed E-state index contributed by atoms with van der Waals surface area (Å²) in [6.07, 6.45) is 0. The van der Waals surface area contributed by atoms with Crippen LogP contribution >= 0.6 is 11.6 Å². The van der Waals surface area contributed by atoms with Gasteiger partial charge in [-0.25, -0.2) is 0 Å². The van der Waals surface area contributed by atoms with Crippen molar-refractivity contribution in [1.29, 1.82) is 0 Å². The largest absolute Gasteiger partial charge is 0.495 e. The molecule has 0 aliphatic rings. The Labute approximate surface area is 116 Å². The van der Waals surface area contributed by atoms with Crippen LogP contribution in [-0.4, -0.2) is 12.1 Å². The molecule has 1 heterocycles. The number of hydrogen-bond donors (Lipinski definition) is 1. The number of hydrogen-bond acceptors (Lipinski definition) is 3. The van der Waals surface area contributed by atoms with Crippen molar-refractivity contribution in [2.24, 2.45) is 0 Å². The maximum Gasteiger partial charge on any atom is 0.253 e. The van der Waals surface area contributed by atoms with Gasteiger partial charge in [-0.15, -0.1) is 0 Å². The maximum atomic E-state index is 13.4. The maximum absolute atomic E-state index is 13.4. The molecule has 3 nitrogen and oxygen atoms in total. The molecule has 0 unspecified atom stereocenters. The van der Waals surface area contributed by atoms with Crippen molar-refractivity contribution < 1.29 is 22.3 Å². The molecule has 2 rings (SSSR count).